The molecule has 1 aromatic heterocycles. The van der Waals surface area contributed by atoms with Crippen LogP contribution in [0.1, 0.15) is 10.4 Å². The Labute approximate surface area is 121 Å². The first-order chi connectivity index (χ1) is 10.2. The molecule has 0 aliphatic carbocycles. The van der Waals surface area contributed by atoms with Crippen LogP contribution in [0.4, 0.5) is 0 Å². The summed E-state index contributed by atoms with van der Waals surface area (Å²) >= 11 is 0. The smallest absolute Gasteiger partial charge is 0.344 e. The van der Waals surface area contributed by atoms with Crippen molar-refractivity contribution < 1.29 is 9.53 Å². The molecule has 0 amide bonds. The number of H-pyrrole nitrogens is 1. The van der Waals surface area contributed by atoms with Crippen molar-refractivity contribution in [2.75, 3.05) is 7.11 Å². The van der Waals surface area contributed by atoms with Crippen LogP contribution in [0.15, 0.2) is 59.4 Å². The molecule has 0 unspecified atom stereocenters. The first-order valence-corrected chi connectivity index (χ1v) is 6.51. The van der Waals surface area contributed by atoms with Gasteiger partial charge in [-0.05, 0) is 11.6 Å². The molecule has 4 nitrogen and oxygen atoms in total. The number of carbonyl (C=O) groups excluding carboxylic acids is 1. The SMILES string of the molecule is COC(=O)c1c(-c2ccccc2)c2ccccc2[nH]c1=O. The molecular weight excluding hydrogens is 266 g/mol. The van der Waals surface area contributed by atoms with Crippen molar-refractivity contribution in [1.29, 1.82) is 0 Å². The summed E-state index contributed by atoms with van der Waals surface area (Å²) in [5.74, 6) is -0.638. The van der Waals surface area contributed by atoms with E-state index in [0.717, 1.165) is 10.9 Å². The summed E-state index contributed by atoms with van der Waals surface area (Å²) < 4.78 is 4.77. The third-order valence-corrected chi connectivity index (χ3v) is 3.37. The van der Waals surface area contributed by atoms with E-state index in [2.05, 4.69) is 4.98 Å². The summed E-state index contributed by atoms with van der Waals surface area (Å²) in [6, 6.07) is 16.7. The standard InChI is InChI=1S/C17H13NO3/c1-21-17(20)15-14(11-7-3-2-4-8-11)12-9-5-6-10-13(12)18-16(15)19/h2-10H,1H3,(H,18,19). The lowest BCUT2D eigenvalue weighted by atomic mass is 9.96. The molecule has 3 aromatic rings. The number of hydrogen-bond acceptors (Lipinski definition) is 3. The Balaban J connectivity index is 2.48. The fourth-order valence-corrected chi connectivity index (χ4v) is 2.44. The highest BCUT2D eigenvalue weighted by atomic mass is 16.5. The lowest BCUT2D eigenvalue weighted by Gasteiger charge is -2.11. The van der Waals surface area contributed by atoms with Crippen LogP contribution in [0.2, 0.25) is 0 Å². The van der Waals surface area contributed by atoms with E-state index in [4.69, 9.17) is 4.74 Å². The van der Waals surface area contributed by atoms with Crippen molar-refractivity contribution in [1.82, 2.24) is 4.98 Å². The van der Waals surface area contributed by atoms with E-state index in [0.29, 0.717) is 11.1 Å². The van der Waals surface area contributed by atoms with Crippen molar-refractivity contribution >= 4 is 16.9 Å². The van der Waals surface area contributed by atoms with E-state index >= 15 is 0 Å². The van der Waals surface area contributed by atoms with Gasteiger partial charge in [0.25, 0.3) is 5.56 Å². The molecule has 0 spiro atoms. The number of esters is 1. The molecular formula is C17H13NO3. The molecule has 1 N–H and O–H groups in total. The Morgan fingerprint density at radius 1 is 1.00 bits per heavy atom. The van der Waals surface area contributed by atoms with E-state index in [-0.39, 0.29) is 5.56 Å². The van der Waals surface area contributed by atoms with Gasteiger partial charge in [0.15, 0.2) is 0 Å². The zero-order valence-corrected chi connectivity index (χ0v) is 11.4. The average Bonchev–Trinajstić information content (AvgIpc) is 2.53. The van der Waals surface area contributed by atoms with Crippen molar-refractivity contribution in [2.45, 2.75) is 0 Å². The number of carbonyl (C=O) groups is 1. The Morgan fingerprint density at radius 2 is 1.67 bits per heavy atom. The molecule has 0 saturated carbocycles. The van der Waals surface area contributed by atoms with Crippen molar-refractivity contribution in [3.63, 3.8) is 0 Å². The summed E-state index contributed by atoms with van der Waals surface area (Å²) in [7, 11) is 1.27. The second kappa shape index (κ2) is 5.25. The molecule has 104 valence electrons. The van der Waals surface area contributed by atoms with Crippen LogP contribution in [0.3, 0.4) is 0 Å². The summed E-state index contributed by atoms with van der Waals surface area (Å²) in [5.41, 5.74) is 1.68. The molecule has 1 heterocycles. The zero-order valence-electron chi connectivity index (χ0n) is 11.4. The topological polar surface area (TPSA) is 59.2 Å². The molecule has 0 bridgehead atoms. The Kier molecular flexibility index (Phi) is 3.28. The number of para-hydroxylation sites is 1. The normalized spacial score (nSPS) is 10.5. The third-order valence-electron chi connectivity index (χ3n) is 3.37. The fourth-order valence-electron chi connectivity index (χ4n) is 2.44. The molecule has 0 radical (unpaired) electrons. The number of benzene rings is 2. The number of nitrogens with one attached hydrogen (secondary N) is 1. The third kappa shape index (κ3) is 2.21. The maximum Gasteiger partial charge on any atom is 0.344 e. The Morgan fingerprint density at radius 3 is 2.38 bits per heavy atom. The predicted octanol–water partition coefficient (Wildman–Crippen LogP) is 2.98. The second-order valence-corrected chi connectivity index (χ2v) is 4.61. The lowest BCUT2D eigenvalue weighted by molar-refractivity contribution is 0.0600. The molecule has 0 atom stereocenters. The summed E-state index contributed by atoms with van der Waals surface area (Å²) in [5, 5.41) is 0.809. The van der Waals surface area contributed by atoms with Gasteiger partial charge < -0.3 is 9.72 Å². The summed E-state index contributed by atoms with van der Waals surface area (Å²) in [6.07, 6.45) is 0. The largest absolute Gasteiger partial charge is 0.465 e. The van der Waals surface area contributed by atoms with E-state index in [1.165, 1.54) is 7.11 Å². The monoisotopic (exact) mass is 279 g/mol. The van der Waals surface area contributed by atoms with Crippen LogP contribution in [-0.4, -0.2) is 18.1 Å². The highest BCUT2D eigenvalue weighted by Crippen LogP contribution is 2.29. The van der Waals surface area contributed by atoms with Crippen molar-refractivity contribution in [2.24, 2.45) is 0 Å². The van der Waals surface area contributed by atoms with Crippen molar-refractivity contribution in [3.05, 3.63) is 70.5 Å². The number of aromatic nitrogens is 1. The van der Waals surface area contributed by atoms with E-state index in [1.54, 1.807) is 0 Å². The minimum atomic E-state index is -0.638. The molecule has 0 saturated heterocycles. The zero-order chi connectivity index (χ0) is 14.8. The maximum absolute atomic E-state index is 12.3. The number of pyridine rings is 1. The molecule has 2 aromatic carbocycles. The van der Waals surface area contributed by atoms with Crippen LogP contribution < -0.4 is 5.56 Å². The number of fused-ring (bicyclic) bond motifs is 1. The van der Waals surface area contributed by atoms with Gasteiger partial charge in [-0.25, -0.2) is 4.79 Å². The van der Waals surface area contributed by atoms with Crippen LogP contribution in [0.5, 0.6) is 0 Å². The summed E-state index contributed by atoms with van der Waals surface area (Å²) in [6.45, 7) is 0. The molecule has 0 fully saturated rings. The number of rotatable bonds is 2. The first kappa shape index (κ1) is 13.1. The molecule has 4 heteroatoms. The average molecular weight is 279 g/mol. The van der Waals surface area contributed by atoms with Gasteiger partial charge in [-0.2, -0.15) is 0 Å². The van der Waals surface area contributed by atoms with E-state index in [1.807, 2.05) is 54.6 Å². The molecule has 0 aliphatic heterocycles. The summed E-state index contributed by atoms with van der Waals surface area (Å²) in [4.78, 5) is 27.0. The van der Waals surface area contributed by atoms with Gasteiger partial charge in [-0.3, -0.25) is 4.79 Å². The predicted molar refractivity (Wildman–Crippen MR) is 81.3 cm³/mol. The van der Waals surface area contributed by atoms with Crippen LogP contribution in [0, 0.1) is 0 Å². The first-order valence-electron chi connectivity index (χ1n) is 6.51. The minimum Gasteiger partial charge on any atom is -0.465 e. The number of ether oxygens (including phenoxy) is 1. The maximum atomic E-state index is 12.3. The van der Waals surface area contributed by atoms with Gasteiger partial charge in [0, 0.05) is 16.5 Å². The van der Waals surface area contributed by atoms with Gasteiger partial charge in [-0.15, -0.1) is 0 Å². The fraction of sp³-hybridized carbons (Fsp3) is 0.0588. The quantitative estimate of drug-likeness (QED) is 0.734. The Bertz CT molecular complexity index is 866. The number of aromatic amines is 1. The number of hydrogen-bond donors (Lipinski definition) is 1. The van der Waals surface area contributed by atoms with Crippen LogP contribution in [-0.2, 0) is 4.74 Å². The van der Waals surface area contributed by atoms with Gasteiger partial charge in [0.05, 0.1) is 7.11 Å². The van der Waals surface area contributed by atoms with Gasteiger partial charge >= 0.3 is 5.97 Å². The van der Waals surface area contributed by atoms with Gasteiger partial charge in [0.1, 0.15) is 5.56 Å². The van der Waals surface area contributed by atoms with E-state index < -0.39 is 11.5 Å². The minimum absolute atomic E-state index is 0.0300. The number of methoxy groups -OCH3 is 1. The Hall–Kier alpha value is -2.88. The highest BCUT2D eigenvalue weighted by Gasteiger charge is 2.20. The van der Waals surface area contributed by atoms with Gasteiger partial charge in [0.2, 0.25) is 0 Å². The molecule has 21 heavy (non-hydrogen) atoms. The van der Waals surface area contributed by atoms with E-state index in [9.17, 15) is 9.59 Å². The van der Waals surface area contributed by atoms with Gasteiger partial charge in [-0.1, -0.05) is 48.5 Å². The second-order valence-electron chi connectivity index (χ2n) is 4.61. The van der Waals surface area contributed by atoms with Crippen LogP contribution in [0.25, 0.3) is 22.0 Å². The lowest BCUT2D eigenvalue weighted by Crippen LogP contribution is -2.20. The van der Waals surface area contributed by atoms with Crippen molar-refractivity contribution in [3.8, 4) is 11.1 Å². The van der Waals surface area contributed by atoms with Crippen LogP contribution >= 0.6 is 0 Å². The molecule has 3 rings (SSSR count). The molecule has 0 aliphatic rings. The highest BCUT2D eigenvalue weighted by molar-refractivity contribution is 6.06.